The lowest BCUT2D eigenvalue weighted by molar-refractivity contribution is -0.120. The number of carbonyl (C=O) groups is 2. The molecule has 0 saturated carbocycles. The molecule has 0 aromatic carbocycles. The van der Waals surface area contributed by atoms with Crippen molar-refractivity contribution in [3.63, 3.8) is 0 Å². The van der Waals surface area contributed by atoms with Crippen LogP contribution in [-0.4, -0.2) is 36.6 Å². The number of rotatable bonds is 5. The fourth-order valence-corrected chi connectivity index (χ4v) is 2.05. The Balaban J connectivity index is 2.43. The molecule has 3 N–H and O–H groups in total. The van der Waals surface area contributed by atoms with Crippen molar-refractivity contribution in [3.05, 3.63) is 21.9 Å². The van der Waals surface area contributed by atoms with E-state index in [9.17, 15) is 9.59 Å². The fraction of sp³-hybridized carbons (Fsp3) is 0.429. The van der Waals surface area contributed by atoms with Crippen molar-refractivity contribution in [2.24, 2.45) is 5.92 Å². The van der Waals surface area contributed by atoms with Gasteiger partial charge in [0.25, 0.3) is 5.91 Å². The van der Waals surface area contributed by atoms with Crippen molar-refractivity contribution in [2.45, 2.75) is 13.8 Å². The molecular weight excluding hydrogens is 276 g/mol. The summed E-state index contributed by atoms with van der Waals surface area (Å²) in [5.74, 6) is 5.10. The second kappa shape index (κ2) is 8.35. The first-order chi connectivity index (χ1) is 9.52. The second-order valence-corrected chi connectivity index (χ2v) is 5.45. The van der Waals surface area contributed by atoms with E-state index in [1.807, 2.05) is 13.8 Å². The van der Waals surface area contributed by atoms with E-state index in [2.05, 4.69) is 22.5 Å². The van der Waals surface area contributed by atoms with E-state index < -0.39 is 0 Å². The maximum atomic E-state index is 11.8. The van der Waals surface area contributed by atoms with E-state index in [0.717, 1.165) is 0 Å². The molecule has 0 aliphatic carbocycles. The molecule has 5 nitrogen and oxygen atoms in total. The van der Waals surface area contributed by atoms with E-state index in [0.29, 0.717) is 22.9 Å². The highest BCUT2D eigenvalue weighted by molar-refractivity contribution is 7.10. The molecule has 0 bridgehead atoms. The molecule has 0 radical (unpaired) electrons. The van der Waals surface area contributed by atoms with Gasteiger partial charge >= 0.3 is 0 Å². The molecule has 1 aromatic rings. The molecule has 6 heteroatoms. The molecule has 0 unspecified atom stereocenters. The molecule has 0 fully saturated rings. The Morgan fingerprint density at radius 2 is 2.15 bits per heavy atom. The minimum Gasteiger partial charge on any atom is -0.384 e. The van der Waals surface area contributed by atoms with Gasteiger partial charge in [0.05, 0.1) is 17.0 Å². The van der Waals surface area contributed by atoms with Crippen molar-refractivity contribution < 1.29 is 14.7 Å². The zero-order valence-electron chi connectivity index (χ0n) is 11.5. The SMILES string of the molecule is CC(C)CNC(=O)CNC(=O)c1csc(C#CCO)c1. The minimum atomic E-state index is -0.307. The molecule has 1 heterocycles. The molecule has 108 valence electrons. The van der Waals surface area contributed by atoms with E-state index in [1.165, 1.54) is 11.3 Å². The van der Waals surface area contributed by atoms with Crippen molar-refractivity contribution in [1.29, 1.82) is 0 Å². The van der Waals surface area contributed by atoms with Gasteiger partial charge in [0.1, 0.15) is 6.61 Å². The van der Waals surface area contributed by atoms with Gasteiger partial charge in [-0.15, -0.1) is 11.3 Å². The normalized spacial score (nSPS) is 9.80. The van der Waals surface area contributed by atoms with Crippen LogP contribution in [0.1, 0.15) is 29.1 Å². The Kier molecular flexibility index (Phi) is 6.77. The summed E-state index contributed by atoms with van der Waals surface area (Å²) in [6, 6.07) is 1.63. The lowest BCUT2D eigenvalue weighted by Crippen LogP contribution is -2.38. The lowest BCUT2D eigenvalue weighted by Gasteiger charge is -2.08. The molecule has 0 saturated heterocycles. The summed E-state index contributed by atoms with van der Waals surface area (Å²) in [4.78, 5) is 24.0. The number of carbonyl (C=O) groups excluding carboxylic acids is 2. The summed E-state index contributed by atoms with van der Waals surface area (Å²) in [5, 5.41) is 15.5. The second-order valence-electron chi connectivity index (χ2n) is 4.54. The predicted molar refractivity (Wildman–Crippen MR) is 78.5 cm³/mol. The van der Waals surface area contributed by atoms with E-state index in [4.69, 9.17) is 5.11 Å². The molecular formula is C14H18N2O3S. The number of hydrogen-bond donors (Lipinski definition) is 3. The molecule has 0 spiro atoms. The van der Waals surface area contributed by atoms with Crippen molar-refractivity contribution in [2.75, 3.05) is 19.7 Å². The number of hydrogen-bond acceptors (Lipinski definition) is 4. The van der Waals surface area contributed by atoms with Gasteiger partial charge in [0.15, 0.2) is 0 Å². The summed E-state index contributed by atoms with van der Waals surface area (Å²) in [6.07, 6.45) is 0. The van der Waals surface area contributed by atoms with Gasteiger partial charge in [0.2, 0.25) is 5.91 Å². The largest absolute Gasteiger partial charge is 0.384 e. The molecule has 1 rings (SSSR count). The van der Waals surface area contributed by atoms with Crippen LogP contribution in [0.4, 0.5) is 0 Å². The monoisotopic (exact) mass is 294 g/mol. The van der Waals surface area contributed by atoms with Crippen molar-refractivity contribution in [3.8, 4) is 11.8 Å². The van der Waals surface area contributed by atoms with Crippen LogP contribution in [0.5, 0.6) is 0 Å². The summed E-state index contributed by atoms with van der Waals surface area (Å²) in [5.41, 5.74) is 0.467. The molecule has 0 atom stereocenters. The summed E-state index contributed by atoms with van der Waals surface area (Å²) in [6.45, 7) is 4.33. The zero-order chi connectivity index (χ0) is 15.0. The van der Waals surface area contributed by atoms with Gasteiger partial charge in [-0.3, -0.25) is 9.59 Å². The van der Waals surface area contributed by atoms with Crippen LogP contribution in [0.25, 0.3) is 0 Å². The van der Waals surface area contributed by atoms with Crippen LogP contribution in [0.2, 0.25) is 0 Å². The lowest BCUT2D eigenvalue weighted by atomic mass is 10.2. The van der Waals surface area contributed by atoms with E-state index in [1.54, 1.807) is 11.4 Å². The summed E-state index contributed by atoms with van der Waals surface area (Å²) >= 11 is 1.32. The average molecular weight is 294 g/mol. The van der Waals surface area contributed by atoms with Crippen molar-refractivity contribution in [1.82, 2.24) is 10.6 Å². The Morgan fingerprint density at radius 1 is 1.40 bits per heavy atom. The number of aliphatic hydroxyl groups is 1. The highest BCUT2D eigenvalue weighted by atomic mass is 32.1. The first-order valence-corrected chi connectivity index (χ1v) is 7.14. The maximum Gasteiger partial charge on any atom is 0.252 e. The van der Waals surface area contributed by atoms with Crippen LogP contribution in [0.3, 0.4) is 0 Å². The predicted octanol–water partition coefficient (Wildman–Crippen LogP) is 0.594. The topological polar surface area (TPSA) is 78.4 Å². The zero-order valence-corrected chi connectivity index (χ0v) is 12.3. The third-order valence-electron chi connectivity index (χ3n) is 2.27. The van der Waals surface area contributed by atoms with Gasteiger partial charge in [-0.25, -0.2) is 0 Å². The summed E-state index contributed by atoms with van der Waals surface area (Å²) < 4.78 is 0. The van der Waals surface area contributed by atoms with Crippen LogP contribution in [0.15, 0.2) is 11.4 Å². The van der Waals surface area contributed by atoms with Gasteiger partial charge in [0, 0.05) is 11.9 Å². The molecule has 0 aliphatic rings. The molecule has 2 amide bonds. The molecule has 1 aromatic heterocycles. The summed E-state index contributed by atoms with van der Waals surface area (Å²) in [7, 11) is 0. The standard InChI is InChI=1S/C14H18N2O3S/c1-10(2)7-15-13(18)8-16-14(19)11-6-12(20-9-11)4-3-5-17/h6,9-10,17H,5,7-8H2,1-2H3,(H,15,18)(H,16,19). The van der Waals surface area contributed by atoms with Crippen LogP contribution in [0, 0.1) is 17.8 Å². The molecule has 20 heavy (non-hydrogen) atoms. The van der Waals surface area contributed by atoms with Crippen LogP contribution < -0.4 is 10.6 Å². The fourth-order valence-electron chi connectivity index (χ4n) is 1.29. The maximum absolute atomic E-state index is 11.8. The highest BCUT2D eigenvalue weighted by Gasteiger charge is 2.09. The first kappa shape index (κ1) is 16.2. The molecule has 0 aliphatic heterocycles. The Hall–Kier alpha value is -1.84. The highest BCUT2D eigenvalue weighted by Crippen LogP contribution is 2.13. The van der Waals surface area contributed by atoms with E-state index >= 15 is 0 Å². The van der Waals surface area contributed by atoms with Gasteiger partial charge in [-0.1, -0.05) is 25.7 Å². The number of amides is 2. The minimum absolute atomic E-state index is 0.0426. The Morgan fingerprint density at radius 3 is 2.80 bits per heavy atom. The number of nitrogens with one attached hydrogen (secondary N) is 2. The smallest absolute Gasteiger partial charge is 0.252 e. The van der Waals surface area contributed by atoms with Gasteiger partial charge < -0.3 is 15.7 Å². The third-order valence-corrected chi connectivity index (χ3v) is 3.11. The number of aliphatic hydroxyl groups excluding tert-OH is 1. The van der Waals surface area contributed by atoms with Gasteiger partial charge in [-0.2, -0.15) is 0 Å². The van der Waals surface area contributed by atoms with Crippen LogP contribution in [-0.2, 0) is 4.79 Å². The van der Waals surface area contributed by atoms with Gasteiger partial charge in [-0.05, 0) is 12.0 Å². The Bertz CT molecular complexity index is 526. The third kappa shape index (κ3) is 5.87. The average Bonchev–Trinajstić information content (AvgIpc) is 2.89. The van der Waals surface area contributed by atoms with Crippen LogP contribution >= 0.6 is 11.3 Å². The first-order valence-electron chi connectivity index (χ1n) is 6.26. The Labute approximate surface area is 122 Å². The van der Waals surface area contributed by atoms with Crippen molar-refractivity contribution >= 4 is 23.2 Å². The van der Waals surface area contributed by atoms with E-state index in [-0.39, 0.29) is 25.0 Å². The quantitative estimate of drug-likeness (QED) is 0.696. The number of thiophene rings is 1.